The maximum Gasteiger partial charge on any atom is 0.226 e. The Morgan fingerprint density at radius 1 is 0.585 bits per heavy atom. The van der Waals surface area contributed by atoms with Gasteiger partial charge < -0.3 is 55.8 Å². The first kappa shape index (κ1) is 86.6. The molecule has 1 aliphatic heterocycles. The molecule has 1 heterocycles. The minimum Gasteiger partial charge on any atom is -0.394 e. The Hall–Kier alpha value is -5.43. The van der Waals surface area contributed by atoms with Crippen LogP contribution in [0.4, 0.5) is 0 Å². The second-order valence-corrected chi connectivity index (χ2v) is 28.7. The Labute approximate surface area is 562 Å². The van der Waals surface area contributed by atoms with Gasteiger partial charge in [-0.1, -0.05) is 114 Å². The Kier molecular flexibility index (Phi) is 39.0. The van der Waals surface area contributed by atoms with Crippen LogP contribution in [-0.4, -0.2) is 226 Å². The molecule has 23 nitrogen and oxygen atoms in total. The van der Waals surface area contributed by atoms with Crippen molar-refractivity contribution < 1.29 is 77.9 Å². The number of ether oxygens (including phenoxy) is 1. The highest BCUT2D eigenvalue weighted by molar-refractivity contribution is 5.99. The summed E-state index contributed by atoms with van der Waals surface area (Å²) in [6, 6.07) is -6.56. The lowest BCUT2D eigenvalue weighted by molar-refractivity contribution is -0.148. The topological polar surface area (TPSA) is 327 Å². The molecule has 0 saturated carbocycles. The van der Waals surface area contributed by atoms with E-state index in [4.69, 9.17) is 4.74 Å². The minimum absolute atomic E-state index is 0.0247. The van der Waals surface area contributed by atoms with E-state index in [1.165, 1.54) is 37.9 Å². The van der Waals surface area contributed by atoms with Crippen LogP contribution < -0.4 is 16.0 Å². The van der Waals surface area contributed by atoms with Gasteiger partial charge in [0.2, 0.25) is 29.5 Å². The van der Waals surface area contributed by atoms with Crippen LogP contribution in [0.3, 0.4) is 0 Å². The SMILES string of the molecule is C/C=C/C[C@@H](C)[C@@H](O)[C@@H]1CC(=O)[C@H](C(C)C)N(C)C(=O)[C@H](CC(C)C)CC(=O)[C@H](CC(C)C)N(C)CC(=O)[C@@H](C)NC(=O)[C@H](C)CC(=O)[C@H](CC(C)C)N(C)C(=O)[C@H](C(C)C)CC(=O)[C@H]([C@@H](C)OC/C=C/CNC(CO)(CO)CO)N(C)C(=O)CCC(=O)[C@H](CC)NC1=O. The average Bonchev–Trinajstić information content (AvgIpc) is 0.847. The molecule has 0 radical (unpaired) electrons. The summed E-state index contributed by atoms with van der Waals surface area (Å²) in [6.07, 6.45) is 3.26. The molecule has 0 aromatic carbocycles. The van der Waals surface area contributed by atoms with Crippen molar-refractivity contribution in [3.05, 3.63) is 24.3 Å². The number of likely N-dealkylation sites (N-methyl/N-ethyl adjacent to an activating group) is 4. The molecule has 5 amide bonds. The number of ketones is 6. The molecule has 0 aliphatic carbocycles. The summed E-state index contributed by atoms with van der Waals surface area (Å²) in [4.78, 5) is 165. The number of carbonyl (C=O) groups is 11. The van der Waals surface area contributed by atoms with E-state index in [0.717, 1.165) is 4.90 Å². The van der Waals surface area contributed by atoms with E-state index in [-0.39, 0.29) is 75.3 Å². The predicted octanol–water partition coefficient (Wildman–Crippen LogP) is 5.10. The molecule has 0 aromatic heterocycles. The zero-order valence-electron chi connectivity index (χ0n) is 60.7. The summed E-state index contributed by atoms with van der Waals surface area (Å²) in [5.41, 5.74) is -1.35. The quantitative estimate of drug-likeness (QED) is 0.0654. The molecule has 0 aromatic rings. The molecule has 13 atom stereocenters. The largest absolute Gasteiger partial charge is 0.394 e. The van der Waals surface area contributed by atoms with E-state index in [2.05, 4.69) is 16.0 Å². The summed E-state index contributed by atoms with van der Waals surface area (Å²) >= 11 is 0. The Bertz CT molecular complexity index is 2520. The highest BCUT2D eigenvalue weighted by Gasteiger charge is 2.43. The van der Waals surface area contributed by atoms with Crippen LogP contribution in [0.5, 0.6) is 0 Å². The zero-order chi connectivity index (χ0) is 72.2. The molecule has 538 valence electrons. The van der Waals surface area contributed by atoms with Gasteiger partial charge in [-0.05, 0) is 95.4 Å². The first-order chi connectivity index (χ1) is 43.8. The van der Waals surface area contributed by atoms with E-state index in [1.807, 2.05) is 47.6 Å². The molecule has 0 bridgehead atoms. The second kappa shape index (κ2) is 42.3. The van der Waals surface area contributed by atoms with Crippen LogP contribution in [0.1, 0.15) is 181 Å². The number of nitrogens with one attached hydrogen (secondary N) is 3. The first-order valence-electron chi connectivity index (χ1n) is 34.2. The summed E-state index contributed by atoms with van der Waals surface area (Å²) in [6.45, 7) is 26.4. The molecular weight excluding hydrogens is 1210 g/mol. The molecule has 1 rings (SSSR count). The summed E-state index contributed by atoms with van der Waals surface area (Å²) in [5, 5.41) is 49.6. The standard InChI is InChI=1S/C71H123N7O16/c1-21-23-26-47(13)66(89)53-37-60(85)64(46(11)12)78(20)69(92)51(31-42(3)4)35-59(84)55(32-43(5)6)75(17)38-62(87)49(15)73-67(90)48(14)34-58(83)56(33-44(7)8)76(18)70(93)52(45(9)10)36-61(86)65(50(16)94-30-25-24-29-72-71(39-79,40-80)41-81)77(19)63(88)28-27-57(82)54(22-2)74-68(53)91/h21,23-25,42-56,64-66,72,79-81,89H,22,26-41H2,1-20H3,(H,73,90)(H,74,91)/b23-21+,25-24+/t47-,48-,49-,50-,51-,52+,53+,54+,55+,56+,64+,65+,66-/m1/s1. The van der Waals surface area contributed by atoms with Crippen LogP contribution in [0, 0.1) is 59.2 Å². The number of allylic oxidation sites excluding steroid dienone is 2. The number of Topliss-reactive ketones (excluding diaryl/α,β-unsaturated/α-hetero) is 6. The smallest absolute Gasteiger partial charge is 0.226 e. The van der Waals surface area contributed by atoms with Crippen molar-refractivity contribution in [2.24, 2.45) is 59.2 Å². The number of hydrogen-bond acceptors (Lipinski definition) is 18. The Balaban J connectivity index is 4.21. The first-order valence-corrected chi connectivity index (χ1v) is 34.2. The van der Waals surface area contributed by atoms with Crippen LogP contribution in [0.2, 0.25) is 0 Å². The predicted molar refractivity (Wildman–Crippen MR) is 362 cm³/mol. The second-order valence-electron chi connectivity index (χ2n) is 28.7. The highest BCUT2D eigenvalue weighted by atomic mass is 16.5. The highest BCUT2D eigenvalue weighted by Crippen LogP contribution is 2.30. The molecule has 7 N–H and O–H groups in total. The lowest BCUT2D eigenvalue weighted by Gasteiger charge is -2.36. The summed E-state index contributed by atoms with van der Waals surface area (Å²) in [5.74, 6) is -11.9. The van der Waals surface area contributed by atoms with E-state index in [1.54, 1.807) is 92.5 Å². The van der Waals surface area contributed by atoms with E-state index in [0.29, 0.717) is 12.8 Å². The molecule has 1 saturated heterocycles. The third-order valence-corrected chi connectivity index (χ3v) is 18.4. The third kappa shape index (κ3) is 27.2. The molecule has 0 spiro atoms. The molecule has 0 unspecified atom stereocenters. The van der Waals surface area contributed by atoms with E-state index >= 15 is 0 Å². The van der Waals surface area contributed by atoms with Crippen molar-refractivity contribution >= 4 is 64.2 Å². The Morgan fingerprint density at radius 3 is 1.65 bits per heavy atom. The maximum atomic E-state index is 15.0. The number of aliphatic hydroxyl groups excluding tert-OH is 4. The van der Waals surface area contributed by atoms with Crippen molar-refractivity contribution in [1.82, 2.24) is 35.6 Å². The van der Waals surface area contributed by atoms with Crippen LogP contribution in [0.25, 0.3) is 0 Å². The van der Waals surface area contributed by atoms with Gasteiger partial charge >= 0.3 is 0 Å². The molecule has 1 fully saturated rings. The monoisotopic (exact) mass is 1330 g/mol. The van der Waals surface area contributed by atoms with Crippen molar-refractivity contribution in [2.45, 2.75) is 235 Å². The lowest BCUT2D eigenvalue weighted by atomic mass is 9.82. The van der Waals surface area contributed by atoms with Crippen molar-refractivity contribution in [3.8, 4) is 0 Å². The van der Waals surface area contributed by atoms with Crippen molar-refractivity contribution in [1.29, 1.82) is 0 Å². The molecular formula is C71H123N7O16. The molecule has 23 heteroatoms. The molecule has 1 aliphatic rings. The fourth-order valence-electron chi connectivity index (χ4n) is 12.3. The van der Waals surface area contributed by atoms with Gasteiger partial charge in [0.1, 0.15) is 6.04 Å². The van der Waals surface area contributed by atoms with Crippen molar-refractivity contribution in [3.63, 3.8) is 0 Å². The average molecular weight is 1330 g/mol. The van der Waals surface area contributed by atoms with Gasteiger partial charge in [0, 0.05) is 84.0 Å². The van der Waals surface area contributed by atoms with Crippen molar-refractivity contribution in [2.75, 3.05) is 67.7 Å². The van der Waals surface area contributed by atoms with Gasteiger partial charge in [-0.2, -0.15) is 0 Å². The number of amides is 5. The van der Waals surface area contributed by atoms with Gasteiger partial charge in [-0.25, -0.2) is 0 Å². The van der Waals surface area contributed by atoms with Crippen LogP contribution in [0.15, 0.2) is 24.3 Å². The fourth-order valence-corrected chi connectivity index (χ4v) is 12.3. The van der Waals surface area contributed by atoms with Gasteiger partial charge in [0.25, 0.3) is 0 Å². The number of carbonyl (C=O) groups excluding carboxylic acids is 11. The summed E-state index contributed by atoms with van der Waals surface area (Å²) in [7, 11) is 5.99. The normalized spacial score (nSPS) is 26.4. The molecule has 94 heavy (non-hydrogen) atoms. The zero-order valence-corrected chi connectivity index (χ0v) is 60.7. The van der Waals surface area contributed by atoms with E-state index in [9.17, 15) is 73.2 Å². The maximum absolute atomic E-state index is 15.0. The van der Waals surface area contributed by atoms with Gasteiger partial charge in [-0.15, -0.1) is 0 Å². The number of aliphatic hydroxyl groups is 4. The van der Waals surface area contributed by atoms with Gasteiger partial charge in [-0.3, -0.25) is 57.6 Å². The van der Waals surface area contributed by atoms with Crippen LogP contribution in [-0.2, 0) is 57.5 Å². The number of hydrogen-bond donors (Lipinski definition) is 7. The third-order valence-electron chi connectivity index (χ3n) is 18.4. The van der Waals surface area contributed by atoms with Gasteiger partial charge in [0.15, 0.2) is 34.7 Å². The lowest BCUT2D eigenvalue weighted by Crippen LogP contribution is -2.54. The van der Waals surface area contributed by atoms with Gasteiger partial charge in [0.05, 0.1) is 86.8 Å². The van der Waals surface area contributed by atoms with E-state index < -0.39 is 199 Å². The number of rotatable bonds is 23. The minimum atomic E-state index is -1.41. The summed E-state index contributed by atoms with van der Waals surface area (Å²) < 4.78 is 6.15. The Morgan fingerprint density at radius 2 is 1.13 bits per heavy atom. The number of nitrogens with zero attached hydrogens (tertiary/aromatic N) is 4. The fraction of sp³-hybridized carbons (Fsp3) is 0.789. The van der Waals surface area contributed by atoms with Crippen LogP contribution >= 0.6 is 0 Å².